The van der Waals surface area contributed by atoms with Crippen LogP contribution in [0.1, 0.15) is 11.5 Å². The molecule has 3 aromatic rings. The number of rotatable bonds is 3. The molecular weight excluding hydrogens is 300 g/mol. The van der Waals surface area contributed by atoms with E-state index < -0.39 is 11.2 Å². The lowest BCUT2D eigenvalue weighted by molar-refractivity contribution is 0.528. The second-order valence-corrected chi connectivity index (χ2v) is 5.19. The molecule has 0 aliphatic carbocycles. The van der Waals surface area contributed by atoms with Gasteiger partial charge in [0.05, 0.1) is 6.21 Å². The van der Waals surface area contributed by atoms with Crippen LogP contribution < -0.4 is 16.7 Å². The molecule has 3 heterocycles. The van der Waals surface area contributed by atoms with Crippen molar-refractivity contribution in [2.75, 3.05) is 5.43 Å². The van der Waals surface area contributed by atoms with E-state index in [4.69, 9.17) is 4.42 Å². The number of furan rings is 1. The topological polar surface area (TPSA) is 99.4 Å². The minimum absolute atomic E-state index is 0.298. The number of imidazole rings is 1. The average molecular weight is 316 g/mol. The summed E-state index contributed by atoms with van der Waals surface area (Å²) in [5.41, 5.74) is 2.54. The van der Waals surface area contributed by atoms with Crippen molar-refractivity contribution in [2.45, 2.75) is 6.92 Å². The molecule has 0 atom stereocenters. The van der Waals surface area contributed by atoms with Gasteiger partial charge >= 0.3 is 5.69 Å². The van der Waals surface area contributed by atoms with Crippen LogP contribution in [0, 0.1) is 6.92 Å². The van der Waals surface area contributed by atoms with E-state index in [9.17, 15) is 9.59 Å². The number of hydrogen-bond acceptors (Lipinski definition) is 6. The Morgan fingerprint density at radius 1 is 1.17 bits per heavy atom. The average Bonchev–Trinajstić information content (AvgIpc) is 3.07. The molecule has 120 valence electrons. The van der Waals surface area contributed by atoms with Crippen molar-refractivity contribution in [3.63, 3.8) is 0 Å². The quantitative estimate of drug-likeness (QED) is 0.554. The number of hydrazone groups is 1. The van der Waals surface area contributed by atoms with Gasteiger partial charge < -0.3 is 8.98 Å². The molecule has 0 aliphatic heterocycles. The van der Waals surface area contributed by atoms with Gasteiger partial charge in [0, 0.05) is 21.1 Å². The molecule has 23 heavy (non-hydrogen) atoms. The highest BCUT2D eigenvalue weighted by molar-refractivity contribution is 5.77. The molecule has 0 aromatic carbocycles. The zero-order chi connectivity index (χ0) is 16.7. The molecule has 0 fully saturated rings. The van der Waals surface area contributed by atoms with Gasteiger partial charge in [-0.25, -0.2) is 10.2 Å². The summed E-state index contributed by atoms with van der Waals surface area (Å²) in [6.45, 7) is 1.84. The van der Waals surface area contributed by atoms with E-state index in [2.05, 4.69) is 15.5 Å². The molecule has 3 rings (SSSR count). The van der Waals surface area contributed by atoms with E-state index >= 15 is 0 Å². The summed E-state index contributed by atoms with van der Waals surface area (Å²) in [5.74, 6) is 1.72. The van der Waals surface area contributed by atoms with Gasteiger partial charge in [-0.1, -0.05) is 0 Å². The van der Waals surface area contributed by atoms with Crippen molar-refractivity contribution in [1.82, 2.24) is 18.7 Å². The van der Waals surface area contributed by atoms with Crippen molar-refractivity contribution in [2.24, 2.45) is 26.2 Å². The fourth-order valence-electron chi connectivity index (χ4n) is 2.29. The number of aromatic nitrogens is 4. The lowest BCUT2D eigenvalue weighted by Crippen LogP contribution is -2.37. The molecule has 0 spiro atoms. The molecule has 0 saturated carbocycles. The van der Waals surface area contributed by atoms with Crippen molar-refractivity contribution >= 4 is 23.3 Å². The first-order valence-electron chi connectivity index (χ1n) is 6.88. The first-order chi connectivity index (χ1) is 10.9. The van der Waals surface area contributed by atoms with E-state index in [1.165, 1.54) is 17.8 Å². The summed E-state index contributed by atoms with van der Waals surface area (Å²) in [5, 5.41) is 4.04. The Balaban J connectivity index is 2.03. The second-order valence-electron chi connectivity index (χ2n) is 5.19. The number of nitrogens with zero attached hydrogens (tertiary/aromatic N) is 5. The summed E-state index contributed by atoms with van der Waals surface area (Å²) < 4.78 is 9.29. The summed E-state index contributed by atoms with van der Waals surface area (Å²) in [7, 11) is 4.67. The molecule has 1 N–H and O–H groups in total. The Labute approximate surface area is 130 Å². The largest absolute Gasteiger partial charge is 0.460 e. The molecule has 0 unspecified atom stereocenters. The van der Waals surface area contributed by atoms with E-state index in [1.807, 2.05) is 13.0 Å². The number of hydrogen-bond donors (Lipinski definition) is 1. The fourth-order valence-corrected chi connectivity index (χ4v) is 2.29. The monoisotopic (exact) mass is 316 g/mol. The van der Waals surface area contributed by atoms with Crippen LogP contribution >= 0.6 is 0 Å². The van der Waals surface area contributed by atoms with Crippen LogP contribution in [0.4, 0.5) is 5.95 Å². The summed E-state index contributed by atoms with van der Waals surface area (Å²) in [6, 6.07) is 3.62. The number of nitrogens with one attached hydrogen (secondary N) is 1. The highest BCUT2D eigenvalue weighted by Crippen LogP contribution is 2.13. The van der Waals surface area contributed by atoms with E-state index in [1.54, 1.807) is 24.7 Å². The molecule has 0 amide bonds. The second kappa shape index (κ2) is 5.27. The number of aryl methyl sites for hydroxylation is 3. The van der Waals surface area contributed by atoms with E-state index in [0.29, 0.717) is 22.9 Å². The molecule has 9 heteroatoms. The summed E-state index contributed by atoms with van der Waals surface area (Å²) >= 11 is 0. The standard InChI is InChI=1S/C14H16N6O3/c1-8-5-6-9(23-8)7-15-17-13-16-11-10(18(13)2)12(21)20(4)14(22)19(11)3/h5-7H,1-4H3,(H,16,17). The first-order valence-corrected chi connectivity index (χ1v) is 6.88. The van der Waals surface area contributed by atoms with Gasteiger partial charge in [0.1, 0.15) is 11.5 Å². The fraction of sp³-hybridized carbons (Fsp3) is 0.286. The molecule has 0 radical (unpaired) electrons. The Kier molecular flexibility index (Phi) is 3.40. The Bertz CT molecular complexity index is 1030. The third kappa shape index (κ3) is 2.35. The zero-order valence-corrected chi connectivity index (χ0v) is 13.2. The molecule has 9 nitrogen and oxygen atoms in total. The van der Waals surface area contributed by atoms with Crippen molar-refractivity contribution < 1.29 is 4.42 Å². The first kappa shape index (κ1) is 14.8. The normalized spacial score (nSPS) is 11.7. The number of anilines is 1. The number of fused-ring (bicyclic) bond motifs is 1. The van der Waals surface area contributed by atoms with E-state index in [-0.39, 0.29) is 0 Å². The van der Waals surface area contributed by atoms with Crippen molar-refractivity contribution in [3.05, 3.63) is 44.5 Å². The van der Waals surface area contributed by atoms with Crippen LogP contribution in [-0.4, -0.2) is 24.9 Å². The maximum absolute atomic E-state index is 12.2. The van der Waals surface area contributed by atoms with Gasteiger partial charge in [-0.2, -0.15) is 10.1 Å². The van der Waals surface area contributed by atoms with Crippen LogP contribution in [0.5, 0.6) is 0 Å². The minimum Gasteiger partial charge on any atom is -0.460 e. The summed E-state index contributed by atoms with van der Waals surface area (Å²) in [4.78, 5) is 28.4. The Morgan fingerprint density at radius 2 is 1.91 bits per heavy atom. The van der Waals surface area contributed by atoms with Gasteiger partial charge in [-0.05, 0) is 19.1 Å². The van der Waals surface area contributed by atoms with E-state index in [0.717, 1.165) is 10.3 Å². The predicted molar refractivity (Wildman–Crippen MR) is 85.9 cm³/mol. The predicted octanol–water partition coefficient (Wildman–Crippen LogP) is 0.318. The van der Waals surface area contributed by atoms with Gasteiger partial charge in [0.2, 0.25) is 5.95 Å². The van der Waals surface area contributed by atoms with Crippen molar-refractivity contribution in [3.8, 4) is 0 Å². The van der Waals surface area contributed by atoms with Crippen LogP contribution in [0.2, 0.25) is 0 Å². The van der Waals surface area contributed by atoms with Crippen molar-refractivity contribution in [1.29, 1.82) is 0 Å². The molecule has 0 saturated heterocycles. The minimum atomic E-state index is -0.429. The highest BCUT2D eigenvalue weighted by atomic mass is 16.3. The lowest BCUT2D eigenvalue weighted by atomic mass is 10.4. The van der Waals surface area contributed by atoms with Gasteiger partial charge in [-0.3, -0.25) is 13.9 Å². The highest BCUT2D eigenvalue weighted by Gasteiger charge is 2.16. The maximum atomic E-state index is 12.2. The Hall–Kier alpha value is -3.10. The molecule has 3 aromatic heterocycles. The van der Waals surface area contributed by atoms with Crippen LogP contribution in [0.25, 0.3) is 11.2 Å². The zero-order valence-electron chi connectivity index (χ0n) is 13.2. The van der Waals surface area contributed by atoms with Crippen LogP contribution in [0.3, 0.4) is 0 Å². The third-order valence-corrected chi connectivity index (χ3v) is 3.59. The maximum Gasteiger partial charge on any atom is 0.332 e. The van der Waals surface area contributed by atoms with Gasteiger partial charge in [-0.15, -0.1) is 0 Å². The molecular formula is C14H16N6O3. The molecule has 0 bridgehead atoms. The molecule has 0 aliphatic rings. The lowest BCUT2D eigenvalue weighted by Gasteiger charge is -2.03. The van der Waals surface area contributed by atoms with Gasteiger partial charge in [0.25, 0.3) is 5.56 Å². The summed E-state index contributed by atoms with van der Waals surface area (Å²) in [6.07, 6.45) is 1.50. The van der Waals surface area contributed by atoms with Gasteiger partial charge in [0.15, 0.2) is 11.2 Å². The van der Waals surface area contributed by atoms with Crippen LogP contribution in [0.15, 0.2) is 31.2 Å². The van der Waals surface area contributed by atoms with Crippen LogP contribution in [-0.2, 0) is 21.1 Å². The third-order valence-electron chi connectivity index (χ3n) is 3.59. The SMILES string of the molecule is Cc1ccc(C=NNc2nc3c(c(=O)n(C)c(=O)n3C)n2C)o1. The smallest absolute Gasteiger partial charge is 0.332 e. The Morgan fingerprint density at radius 3 is 2.57 bits per heavy atom.